The number of hydrogen-bond acceptors (Lipinski definition) is 5. The van der Waals surface area contributed by atoms with E-state index < -0.39 is 5.97 Å². The molecule has 72 valence electrons. The van der Waals surface area contributed by atoms with Crippen LogP contribution in [0.15, 0.2) is 5.16 Å². The number of carbonyl (C=O) groups is 1. The minimum absolute atomic E-state index is 0.0623. The monoisotopic (exact) mass is 202 g/mol. The van der Waals surface area contributed by atoms with E-state index in [4.69, 9.17) is 10.8 Å². The summed E-state index contributed by atoms with van der Waals surface area (Å²) in [6.45, 7) is 1.80. The van der Waals surface area contributed by atoms with Crippen molar-refractivity contribution in [1.29, 1.82) is 0 Å². The third-order valence-electron chi connectivity index (χ3n) is 1.25. The van der Waals surface area contributed by atoms with Crippen LogP contribution in [0.3, 0.4) is 0 Å². The molecule has 0 bridgehead atoms. The Labute approximate surface area is 78.9 Å². The lowest BCUT2D eigenvalue weighted by Gasteiger charge is -2.03. The molecule has 0 saturated heterocycles. The number of aliphatic carboxylic acids is 1. The molecule has 0 spiro atoms. The number of anilines is 1. The summed E-state index contributed by atoms with van der Waals surface area (Å²) in [5, 5.41) is 15.1. The SMILES string of the molecule is CC(CC(=O)O)Sc1n[nH]c(N)n1. The van der Waals surface area contributed by atoms with Gasteiger partial charge in [-0.2, -0.15) is 4.98 Å². The van der Waals surface area contributed by atoms with Gasteiger partial charge in [0.1, 0.15) is 0 Å². The summed E-state index contributed by atoms with van der Waals surface area (Å²) in [5.41, 5.74) is 5.30. The summed E-state index contributed by atoms with van der Waals surface area (Å²) in [6, 6.07) is 0. The lowest BCUT2D eigenvalue weighted by Crippen LogP contribution is -2.05. The van der Waals surface area contributed by atoms with Gasteiger partial charge in [-0.3, -0.25) is 4.79 Å². The zero-order valence-corrected chi connectivity index (χ0v) is 7.84. The number of nitrogens with one attached hydrogen (secondary N) is 1. The molecule has 0 radical (unpaired) electrons. The van der Waals surface area contributed by atoms with Crippen LogP contribution in [-0.2, 0) is 4.79 Å². The van der Waals surface area contributed by atoms with E-state index in [1.54, 1.807) is 6.92 Å². The molecule has 1 atom stereocenters. The molecule has 7 heteroatoms. The average Bonchev–Trinajstić information content (AvgIpc) is 2.33. The lowest BCUT2D eigenvalue weighted by atomic mass is 10.3. The van der Waals surface area contributed by atoms with E-state index in [2.05, 4.69) is 15.2 Å². The molecule has 1 rings (SSSR count). The number of aromatic nitrogens is 3. The van der Waals surface area contributed by atoms with Crippen molar-refractivity contribution in [3.63, 3.8) is 0 Å². The highest BCUT2D eigenvalue weighted by atomic mass is 32.2. The fourth-order valence-corrected chi connectivity index (χ4v) is 1.61. The van der Waals surface area contributed by atoms with Crippen molar-refractivity contribution in [3.05, 3.63) is 0 Å². The van der Waals surface area contributed by atoms with Crippen molar-refractivity contribution < 1.29 is 9.90 Å². The fraction of sp³-hybridized carbons (Fsp3) is 0.500. The smallest absolute Gasteiger partial charge is 0.304 e. The van der Waals surface area contributed by atoms with Crippen molar-refractivity contribution in [1.82, 2.24) is 15.2 Å². The molecule has 0 aliphatic carbocycles. The van der Waals surface area contributed by atoms with E-state index in [1.165, 1.54) is 11.8 Å². The predicted molar refractivity (Wildman–Crippen MR) is 48.4 cm³/mol. The van der Waals surface area contributed by atoms with Crippen molar-refractivity contribution in [2.45, 2.75) is 23.8 Å². The van der Waals surface area contributed by atoms with Crippen molar-refractivity contribution in [2.24, 2.45) is 0 Å². The molecule has 1 aromatic rings. The van der Waals surface area contributed by atoms with Gasteiger partial charge in [-0.25, -0.2) is 5.10 Å². The Morgan fingerprint density at radius 3 is 3.00 bits per heavy atom. The molecule has 0 aromatic carbocycles. The van der Waals surface area contributed by atoms with Crippen LogP contribution < -0.4 is 5.73 Å². The van der Waals surface area contributed by atoms with Gasteiger partial charge in [0.15, 0.2) is 0 Å². The summed E-state index contributed by atoms with van der Waals surface area (Å²) in [6.07, 6.45) is 0.0825. The van der Waals surface area contributed by atoms with Crippen LogP contribution in [0.1, 0.15) is 13.3 Å². The second kappa shape index (κ2) is 4.13. The van der Waals surface area contributed by atoms with Gasteiger partial charge in [0.25, 0.3) is 0 Å². The maximum atomic E-state index is 10.3. The molecule has 6 nitrogen and oxygen atoms in total. The van der Waals surface area contributed by atoms with Crippen LogP contribution in [-0.4, -0.2) is 31.5 Å². The van der Waals surface area contributed by atoms with Gasteiger partial charge < -0.3 is 10.8 Å². The van der Waals surface area contributed by atoms with E-state index >= 15 is 0 Å². The molecular weight excluding hydrogens is 192 g/mol. The van der Waals surface area contributed by atoms with E-state index in [1.807, 2.05) is 0 Å². The molecule has 0 fully saturated rings. The van der Waals surface area contributed by atoms with Crippen LogP contribution in [0.4, 0.5) is 5.95 Å². The van der Waals surface area contributed by atoms with Crippen molar-refractivity contribution in [2.75, 3.05) is 5.73 Å². The number of nitrogen functional groups attached to an aromatic ring is 1. The first-order valence-corrected chi connectivity index (χ1v) is 4.52. The highest BCUT2D eigenvalue weighted by Gasteiger charge is 2.11. The number of aromatic amines is 1. The fourth-order valence-electron chi connectivity index (χ4n) is 0.778. The summed E-state index contributed by atoms with van der Waals surface area (Å²) in [5.74, 6) is -0.589. The summed E-state index contributed by atoms with van der Waals surface area (Å²) in [7, 11) is 0. The number of nitrogens with two attached hydrogens (primary N) is 1. The van der Waals surface area contributed by atoms with Gasteiger partial charge in [-0.15, -0.1) is 5.10 Å². The second-order valence-corrected chi connectivity index (χ2v) is 3.94. The second-order valence-electron chi connectivity index (χ2n) is 2.53. The number of carboxylic acids is 1. The Hall–Kier alpha value is -1.24. The average molecular weight is 202 g/mol. The Kier molecular flexibility index (Phi) is 3.13. The van der Waals surface area contributed by atoms with E-state index in [-0.39, 0.29) is 17.6 Å². The predicted octanol–water partition coefficient (Wildman–Crippen LogP) is 0.342. The molecule has 1 aromatic heterocycles. The van der Waals surface area contributed by atoms with Crippen LogP contribution in [0.2, 0.25) is 0 Å². The highest BCUT2D eigenvalue weighted by molar-refractivity contribution is 7.99. The standard InChI is InChI=1S/C6H10N4O2S/c1-3(2-4(11)12)13-6-8-5(7)9-10-6/h3H,2H2,1H3,(H,11,12)(H3,7,8,9,10). The maximum Gasteiger partial charge on any atom is 0.304 e. The molecule has 13 heavy (non-hydrogen) atoms. The van der Waals surface area contributed by atoms with Gasteiger partial charge in [-0.1, -0.05) is 18.7 Å². The third kappa shape index (κ3) is 3.32. The molecule has 4 N–H and O–H groups in total. The number of hydrogen-bond donors (Lipinski definition) is 3. The quantitative estimate of drug-likeness (QED) is 0.608. The van der Waals surface area contributed by atoms with Gasteiger partial charge in [0.05, 0.1) is 6.42 Å². The molecule has 1 heterocycles. The van der Waals surface area contributed by atoms with Crippen molar-refractivity contribution >= 4 is 23.7 Å². The molecule has 0 aliphatic rings. The number of thioether (sulfide) groups is 1. The number of rotatable bonds is 4. The van der Waals surface area contributed by atoms with Gasteiger partial charge in [-0.05, 0) is 0 Å². The summed E-state index contributed by atoms with van der Waals surface area (Å²) < 4.78 is 0. The molecule has 0 aliphatic heterocycles. The zero-order chi connectivity index (χ0) is 9.84. The minimum Gasteiger partial charge on any atom is -0.481 e. The maximum absolute atomic E-state index is 10.3. The lowest BCUT2D eigenvalue weighted by molar-refractivity contribution is -0.136. The molecule has 0 saturated carbocycles. The largest absolute Gasteiger partial charge is 0.481 e. The van der Waals surface area contributed by atoms with Crippen LogP contribution in [0.5, 0.6) is 0 Å². The number of nitrogens with zero attached hydrogens (tertiary/aromatic N) is 2. The Balaban J connectivity index is 2.44. The Morgan fingerprint density at radius 2 is 2.54 bits per heavy atom. The first kappa shape index (κ1) is 9.85. The van der Waals surface area contributed by atoms with Crippen LogP contribution in [0, 0.1) is 0 Å². The van der Waals surface area contributed by atoms with Crippen molar-refractivity contribution in [3.8, 4) is 0 Å². The van der Waals surface area contributed by atoms with Gasteiger partial charge in [0, 0.05) is 5.25 Å². The Morgan fingerprint density at radius 1 is 1.85 bits per heavy atom. The summed E-state index contributed by atoms with van der Waals surface area (Å²) in [4.78, 5) is 14.2. The van der Waals surface area contributed by atoms with Gasteiger partial charge in [0.2, 0.25) is 11.1 Å². The van der Waals surface area contributed by atoms with E-state index in [0.29, 0.717) is 5.16 Å². The third-order valence-corrected chi connectivity index (χ3v) is 2.21. The zero-order valence-electron chi connectivity index (χ0n) is 7.02. The minimum atomic E-state index is -0.830. The topological polar surface area (TPSA) is 105 Å². The van der Waals surface area contributed by atoms with Crippen LogP contribution in [0.25, 0.3) is 0 Å². The summed E-state index contributed by atoms with van der Waals surface area (Å²) >= 11 is 1.28. The normalized spacial score (nSPS) is 12.7. The first-order chi connectivity index (χ1) is 6.08. The molecular formula is C6H10N4O2S. The molecule has 1 unspecified atom stereocenters. The first-order valence-electron chi connectivity index (χ1n) is 3.64. The number of H-pyrrole nitrogens is 1. The van der Waals surface area contributed by atoms with Gasteiger partial charge >= 0.3 is 5.97 Å². The van der Waals surface area contributed by atoms with E-state index in [0.717, 1.165) is 0 Å². The van der Waals surface area contributed by atoms with Crippen LogP contribution >= 0.6 is 11.8 Å². The molecule has 0 amide bonds. The number of carboxylic acid groups (broad SMARTS) is 1. The van der Waals surface area contributed by atoms with E-state index in [9.17, 15) is 4.79 Å². The Bertz CT molecular complexity index is 301. The highest BCUT2D eigenvalue weighted by Crippen LogP contribution is 2.21.